The van der Waals surface area contributed by atoms with Crippen LogP contribution in [0.15, 0.2) is 200 Å². The fourth-order valence-corrected chi connectivity index (χ4v) is 8.94. The van der Waals surface area contributed by atoms with Crippen molar-refractivity contribution in [2.45, 2.75) is 19.3 Å². The maximum atomic E-state index is 2.52. The molecular weight excluding hydrogens is 651 g/mol. The van der Waals surface area contributed by atoms with Gasteiger partial charge in [-0.3, -0.25) is 0 Å². The van der Waals surface area contributed by atoms with Crippen molar-refractivity contribution in [1.82, 2.24) is 0 Å². The van der Waals surface area contributed by atoms with Gasteiger partial charge in [0.1, 0.15) is 0 Å². The molecule has 0 bridgehead atoms. The topological polar surface area (TPSA) is 3.24 Å². The Balaban J connectivity index is 1.27. The van der Waals surface area contributed by atoms with Crippen LogP contribution in [-0.4, -0.2) is 0 Å². The zero-order valence-corrected chi connectivity index (χ0v) is 30.5. The molecule has 1 aliphatic rings. The van der Waals surface area contributed by atoms with Gasteiger partial charge < -0.3 is 4.90 Å². The molecule has 256 valence electrons. The van der Waals surface area contributed by atoms with Gasteiger partial charge in [0.25, 0.3) is 0 Å². The van der Waals surface area contributed by atoms with Crippen LogP contribution in [0.3, 0.4) is 0 Å². The number of hydrogen-bond donors (Lipinski definition) is 0. The Kier molecular flexibility index (Phi) is 7.56. The van der Waals surface area contributed by atoms with Crippen molar-refractivity contribution in [3.63, 3.8) is 0 Å². The molecule has 9 aromatic carbocycles. The van der Waals surface area contributed by atoms with E-state index in [9.17, 15) is 0 Å². The molecule has 0 radical (unpaired) electrons. The van der Waals surface area contributed by atoms with Crippen molar-refractivity contribution in [3.05, 3.63) is 211 Å². The molecule has 10 rings (SSSR count). The fraction of sp³-hybridized carbons (Fsp3) is 0.0566. The maximum absolute atomic E-state index is 2.52. The summed E-state index contributed by atoms with van der Waals surface area (Å²) in [6.07, 6.45) is 0. The highest BCUT2D eigenvalue weighted by molar-refractivity contribution is 6.09. The van der Waals surface area contributed by atoms with E-state index in [0.29, 0.717) is 0 Å². The summed E-state index contributed by atoms with van der Waals surface area (Å²) >= 11 is 0. The Morgan fingerprint density at radius 2 is 0.926 bits per heavy atom. The molecular formula is C53H39N. The van der Waals surface area contributed by atoms with Crippen molar-refractivity contribution in [2.75, 3.05) is 4.90 Å². The zero-order valence-electron chi connectivity index (χ0n) is 30.5. The molecule has 0 fully saturated rings. The van der Waals surface area contributed by atoms with Gasteiger partial charge in [-0.2, -0.15) is 0 Å². The van der Waals surface area contributed by atoms with Crippen LogP contribution in [-0.2, 0) is 5.41 Å². The highest BCUT2D eigenvalue weighted by Gasteiger charge is 2.38. The lowest BCUT2D eigenvalue weighted by Crippen LogP contribution is -2.16. The third-order valence-electron chi connectivity index (χ3n) is 11.5. The van der Waals surface area contributed by atoms with Gasteiger partial charge in [-0.1, -0.05) is 190 Å². The largest absolute Gasteiger partial charge is 0.309 e. The molecule has 1 heteroatoms. The number of para-hydroxylation sites is 1. The molecule has 0 saturated heterocycles. The first-order valence-electron chi connectivity index (χ1n) is 18.9. The first-order chi connectivity index (χ1) is 26.6. The molecule has 1 aliphatic carbocycles. The van der Waals surface area contributed by atoms with E-state index in [1.54, 1.807) is 0 Å². The lowest BCUT2D eigenvalue weighted by Gasteiger charge is -2.31. The quantitative estimate of drug-likeness (QED) is 0.168. The average molecular weight is 690 g/mol. The van der Waals surface area contributed by atoms with Crippen LogP contribution in [0.2, 0.25) is 0 Å². The van der Waals surface area contributed by atoms with Crippen LogP contribution in [0.25, 0.3) is 66.1 Å². The Hall–Kier alpha value is -6.70. The van der Waals surface area contributed by atoms with E-state index in [-0.39, 0.29) is 5.41 Å². The molecule has 0 saturated carbocycles. The fourth-order valence-electron chi connectivity index (χ4n) is 8.94. The Labute approximate surface area is 317 Å². The lowest BCUT2D eigenvalue weighted by atomic mass is 9.82. The molecule has 0 N–H and O–H groups in total. The predicted molar refractivity (Wildman–Crippen MR) is 230 cm³/mol. The third kappa shape index (κ3) is 5.08. The van der Waals surface area contributed by atoms with Gasteiger partial charge in [-0.25, -0.2) is 0 Å². The molecule has 54 heavy (non-hydrogen) atoms. The Bertz CT molecular complexity index is 2850. The molecule has 0 atom stereocenters. The Morgan fingerprint density at radius 3 is 1.78 bits per heavy atom. The summed E-state index contributed by atoms with van der Waals surface area (Å²) in [5, 5.41) is 4.98. The molecule has 0 unspecified atom stereocenters. The van der Waals surface area contributed by atoms with Crippen molar-refractivity contribution < 1.29 is 0 Å². The standard InChI is InChI=1S/C53H39N/c1-53(2)47-31-10-8-27-46(47)52-48(53)32-16-34-50(52)54(40-24-12-23-39(35-40)42-28-13-20-36-19-6-7-25-41(36)42)49-33-11-9-26-44(49)45-30-15-22-38-21-14-29-43(51(38)45)37-17-4-3-5-18-37/h3-35H,1-2H3. The van der Waals surface area contributed by atoms with E-state index in [1.165, 1.54) is 82.9 Å². The number of fused-ring (bicyclic) bond motifs is 5. The summed E-state index contributed by atoms with van der Waals surface area (Å²) in [5.74, 6) is 0. The number of hydrogen-bond acceptors (Lipinski definition) is 1. The summed E-state index contributed by atoms with van der Waals surface area (Å²) in [5.41, 5.74) is 15.9. The molecule has 9 aromatic rings. The lowest BCUT2D eigenvalue weighted by molar-refractivity contribution is 0.660. The maximum Gasteiger partial charge on any atom is 0.0543 e. The van der Waals surface area contributed by atoms with Crippen molar-refractivity contribution in [3.8, 4) is 44.5 Å². The molecule has 0 spiro atoms. The van der Waals surface area contributed by atoms with Crippen molar-refractivity contribution in [2.24, 2.45) is 0 Å². The Morgan fingerprint density at radius 1 is 0.370 bits per heavy atom. The van der Waals surface area contributed by atoms with Crippen LogP contribution in [0, 0.1) is 0 Å². The van der Waals surface area contributed by atoms with Gasteiger partial charge in [0, 0.05) is 22.2 Å². The van der Waals surface area contributed by atoms with E-state index in [0.717, 1.165) is 11.4 Å². The predicted octanol–water partition coefficient (Wildman–Crippen LogP) is 14.8. The number of anilines is 3. The van der Waals surface area contributed by atoms with Gasteiger partial charge in [0.05, 0.1) is 11.4 Å². The van der Waals surface area contributed by atoms with Gasteiger partial charge >= 0.3 is 0 Å². The van der Waals surface area contributed by atoms with E-state index < -0.39 is 0 Å². The zero-order chi connectivity index (χ0) is 36.2. The normalized spacial score (nSPS) is 12.8. The number of rotatable bonds is 6. The second kappa shape index (κ2) is 12.8. The van der Waals surface area contributed by atoms with Crippen molar-refractivity contribution >= 4 is 38.6 Å². The summed E-state index contributed by atoms with van der Waals surface area (Å²) in [7, 11) is 0. The first kappa shape index (κ1) is 32.0. The summed E-state index contributed by atoms with van der Waals surface area (Å²) in [6, 6.07) is 73.5. The summed E-state index contributed by atoms with van der Waals surface area (Å²) in [6.45, 7) is 4.73. The molecule has 0 aromatic heterocycles. The van der Waals surface area contributed by atoms with Gasteiger partial charge in [0.15, 0.2) is 0 Å². The first-order valence-corrected chi connectivity index (χ1v) is 18.9. The highest BCUT2D eigenvalue weighted by Crippen LogP contribution is 2.55. The number of benzene rings is 9. The van der Waals surface area contributed by atoms with Crippen LogP contribution in [0.5, 0.6) is 0 Å². The number of nitrogens with zero attached hydrogens (tertiary/aromatic N) is 1. The SMILES string of the molecule is CC1(C)c2ccccc2-c2c(N(c3cccc(-c4cccc5ccccc45)c3)c3ccccc3-c3cccc4cccc(-c5ccccc5)c34)cccc21. The van der Waals surface area contributed by atoms with Gasteiger partial charge in [-0.15, -0.1) is 0 Å². The summed E-state index contributed by atoms with van der Waals surface area (Å²) < 4.78 is 0. The van der Waals surface area contributed by atoms with Crippen LogP contribution in [0.1, 0.15) is 25.0 Å². The molecule has 0 aliphatic heterocycles. The van der Waals surface area contributed by atoms with Crippen LogP contribution >= 0.6 is 0 Å². The molecule has 1 nitrogen and oxygen atoms in total. The second-order valence-corrected chi connectivity index (χ2v) is 14.9. The minimum Gasteiger partial charge on any atom is -0.309 e. The highest BCUT2D eigenvalue weighted by atomic mass is 15.1. The smallest absolute Gasteiger partial charge is 0.0543 e. The van der Waals surface area contributed by atoms with E-state index in [4.69, 9.17) is 0 Å². The second-order valence-electron chi connectivity index (χ2n) is 14.9. The minimum atomic E-state index is -0.127. The van der Waals surface area contributed by atoms with Crippen molar-refractivity contribution in [1.29, 1.82) is 0 Å². The average Bonchev–Trinajstić information content (AvgIpc) is 3.47. The van der Waals surface area contributed by atoms with Crippen LogP contribution < -0.4 is 4.90 Å². The summed E-state index contributed by atoms with van der Waals surface area (Å²) in [4.78, 5) is 2.52. The van der Waals surface area contributed by atoms with E-state index in [2.05, 4.69) is 219 Å². The van der Waals surface area contributed by atoms with E-state index in [1.807, 2.05) is 0 Å². The van der Waals surface area contributed by atoms with E-state index >= 15 is 0 Å². The monoisotopic (exact) mass is 689 g/mol. The van der Waals surface area contributed by atoms with Gasteiger partial charge in [-0.05, 0) is 90.3 Å². The van der Waals surface area contributed by atoms with Gasteiger partial charge in [0.2, 0.25) is 0 Å². The van der Waals surface area contributed by atoms with Crippen LogP contribution in [0.4, 0.5) is 17.1 Å². The third-order valence-corrected chi connectivity index (χ3v) is 11.5. The minimum absolute atomic E-state index is 0.127. The molecule has 0 heterocycles. The molecule has 0 amide bonds.